The van der Waals surface area contributed by atoms with Crippen LogP contribution in [0.2, 0.25) is 10.0 Å². The Hall–Kier alpha value is -2.31. The lowest BCUT2D eigenvalue weighted by molar-refractivity contribution is 0.0690. The maximum Gasteiger partial charge on any atom is 0.357 e. The van der Waals surface area contributed by atoms with Gasteiger partial charge in [0, 0.05) is 29.3 Å². The van der Waals surface area contributed by atoms with Gasteiger partial charge in [0.2, 0.25) is 0 Å². The third kappa shape index (κ3) is 3.13. The Labute approximate surface area is 165 Å². The van der Waals surface area contributed by atoms with Gasteiger partial charge in [-0.2, -0.15) is 5.10 Å². The van der Waals surface area contributed by atoms with Crippen molar-refractivity contribution in [1.82, 2.24) is 14.9 Å². The summed E-state index contributed by atoms with van der Waals surface area (Å²) in [6.07, 6.45) is 3.66. The van der Waals surface area contributed by atoms with Crippen molar-refractivity contribution in [2.24, 2.45) is 0 Å². The molecular formula is C19H17Cl2N3O3. The fraction of sp³-hybridized carbons (Fsp3) is 0.316. The van der Waals surface area contributed by atoms with Gasteiger partial charge in [0.1, 0.15) is 11.5 Å². The van der Waals surface area contributed by atoms with Gasteiger partial charge in [0.25, 0.3) is 0 Å². The molecule has 0 saturated heterocycles. The summed E-state index contributed by atoms with van der Waals surface area (Å²) in [5.41, 5.74) is 2.00. The molecule has 0 unspecified atom stereocenters. The highest BCUT2D eigenvalue weighted by atomic mass is 35.5. The van der Waals surface area contributed by atoms with Gasteiger partial charge in [0.05, 0.1) is 15.6 Å². The summed E-state index contributed by atoms with van der Waals surface area (Å²) in [5.74, 6) is -0.234. The first kappa shape index (κ1) is 18.1. The molecule has 2 aromatic heterocycles. The number of halogens is 2. The highest BCUT2D eigenvalue weighted by Crippen LogP contribution is 2.50. The second-order valence-electron chi connectivity index (χ2n) is 6.91. The molecule has 0 spiro atoms. The molecule has 8 heteroatoms. The van der Waals surface area contributed by atoms with Crippen LogP contribution in [0.1, 0.15) is 54.9 Å². The van der Waals surface area contributed by atoms with Gasteiger partial charge in [-0.25, -0.2) is 4.79 Å². The molecular weight excluding hydrogens is 389 g/mol. The van der Waals surface area contributed by atoms with Crippen LogP contribution in [0.25, 0.3) is 22.4 Å². The SMILES string of the molecule is CC(C)n1cc(-c2c(-c3c(Cl)cccc3Cl)noc2C2CC2)c(C(=O)O)n1. The zero-order valence-electron chi connectivity index (χ0n) is 14.7. The topological polar surface area (TPSA) is 81.2 Å². The third-order valence-electron chi connectivity index (χ3n) is 4.60. The quantitative estimate of drug-likeness (QED) is 0.591. The Morgan fingerprint density at radius 2 is 1.93 bits per heavy atom. The van der Waals surface area contributed by atoms with Crippen molar-refractivity contribution in [3.05, 3.63) is 45.9 Å². The van der Waals surface area contributed by atoms with Gasteiger partial charge in [-0.3, -0.25) is 4.68 Å². The number of rotatable bonds is 5. The van der Waals surface area contributed by atoms with Gasteiger partial charge in [-0.1, -0.05) is 34.4 Å². The molecule has 4 rings (SSSR count). The first-order chi connectivity index (χ1) is 12.9. The van der Waals surface area contributed by atoms with Crippen molar-refractivity contribution in [1.29, 1.82) is 0 Å². The van der Waals surface area contributed by atoms with E-state index in [2.05, 4.69) is 10.3 Å². The zero-order chi connectivity index (χ0) is 19.3. The van der Waals surface area contributed by atoms with Crippen LogP contribution in [0.15, 0.2) is 28.9 Å². The molecule has 0 radical (unpaired) electrons. The molecule has 0 aliphatic heterocycles. The van der Waals surface area contributed by atoms with Crippen LogP contribution in [0.3, 0.4) is 0 Å². The maximum atomic E-state index is 11.9. The number of carboxylic acids is 1. The summed E-state index contributed by atoms with van der Waals surface area (Å²) in [4.78, 5) is 11.9. The van der Waals surface area contributed by atoms with Crippen molar-refractivity contribution in [2.45, 2.75) is 38.6 Å². The number of hydrogen-bond donors (Lipinski definition) is 1. The average Bonchev–Trinajstić information content (AvgIpc) is 3.19. The second kappa shape index (κ2) is 6.69. The molecule has 1 N–H and O–H groups in total. The number of carboxylic acid groups (broad SMARTS) is 1. The fourth-order valence-corrected chi connectivity index (χ4v) is 3.66. The normalized spacial score (nSPS) is 14.1. The monoisotopic (exact) mass is 405 g/mol. The summed E-state index contributed by atoms with van der Waals surface area (Å²) in [5, 5.41) is 19.0. The molecule has 1 aliphatic carbocycles. The van der Waals surface area contributed by atoms with Crippen LogP contribution >= 0.6 is 23.2 Å². The fourth-order valence-electron chi connectivity index (χ4n) is 3.08. The van der Waals surface area contributed by atoms with E-state index < -0.39 is 5.97 Å². The van der Waals surface area contributed by atoms with Crippen molar-refractivity contribution in [3.8, 4) is 22.4 Å². The van der Waals surface area contributed by atoms with Crippen LogP contribution in [0.5, 0.6) is 0 Å². The van der Waals surface area contributed by atoms with E-state index in [1.54, 1.807) is 29.1 Å². The molecule has 0 bridgehead atoms. The van der Waals surface area contributed by atoms with E-state index >= 15 is 0 Å². The van der Waals surface area contributed by atoms with Gasteiger partial charge in [-0.05, 0) is 38.8 Å². The molecule has 3 aromatic rings. The van der Waals surface area contributed by atoms with Crippen LogP contribution in [0, 0.1) is 0 Å². The number of carbonyl (C=O) groups is 1. The summed E-state index contributed by atoms with van der Waals surface area (Å²) >= 11 is 12.8. The predicted octanol–water partition coefficient (Wildman–Crippen LogP) is 5.67. The molecule has 0 atom stereocenters. The first-order valence-electron chi connectivity index (χ1n) is 8.65. The van der Waals surface area contributed by atoms with E-state index in [1.807, 2.05) is 13.8 Å². The smallest absolute Gasteiger partial charge is 0.357 e. The number of aromatic nitrogens is 3. The molecule has 0 amide bonds. The Bertz CT molecular complexity index is 1010. The summed E-state index contributed by atoms with van der Waals surface area (Å²) in [6.45, 7) is 3.87. The number of aromatic carboxylic acids is 1. The van der Waals surface area contributed by atoms with E-state index in [1.165, 1.54) is 0 Å². The van der Waals surface area contributed by atoms with Gasteiger partial charge >= 0.3 is 5.97 Å². The van der Waals surface area contributed by atoms with E-state index in [4.69, 9.17) is 27.7 Å². The lowest BCUT2D eigenvalue weighted by atomic mass is 9.97. The van der Waals surface area contributed by atoms with Crippen molar-refractivity contribution >= 4 is 29.2 Å². The minimum atomic E-state index is -1.11. The van der Waals surface area contributed by atoms with Crippen molar-refractivity contribution in [3.63, 3.8) is 0 Å². The molecule has 140 valence electrons. The van der Waals surface area contributed by atoms with E-state index in [9.17, 15) is 9.90 Å². The maximum absolute atomic E-state index is 11.9. The van der Waals surface area contributed by atoms with Gasteiger partial charge in [0.15, 0.2) is 5.69 Å². The largest absolute Gasteiger partial charge is 0.476 e. The van der Waals surface area contributed by atoms with Crippen molar-refractivity contribution < 1.29 is 14.4 Å². The van der Waals surface area contributed by atoms with E-state index in [-0.39, 0.29) is 17.7 Å². The minimum absolute atomic E-state index is 0.00781. The summed E-state index contributed by atoms with van der Waals surface area (Å²) in [7, 11) is 0. The standard InChI is InChI=1S/C19H17Cl2N3O3/c1-9(2)24-8-11(16(22-24)19(25)26)14-17(23-27-18(14)10-6-7-10)15-12(20)4-3-5-13(15)21/h3-5,8-10H,6-7H2,1-2H3,(H,25,26). The van der Waals surface area contributed by atoms with Crippen molar-refractivity contribution in [2.75, 3.05) is 0 Å². The molecule has 1 fully saturated rings. The average molecular weight is 406 g/mol. The Kier molecular flexibility index (Phi) is 4.48. The number of nitrogens with zero attached hydrogens (tertiary/aromatic N) is 3. The van der Waals surface area contributed by atoms with E-state index in [0.29, 0.717) is 38.2 Å². The molecule has 1 aromatic carbocycles. The minimum Gasteiger partial charge on any atom is -0.476 e. The van der Waals surface area contributed by atoms with Crippen LogP contribution < -0.4 is 0 Å². The summed E-state index contributed by atoms with van der Waals surface area (Å²) in [6, 6.07) is 5.18. The number of benzene rings is 1. The highest BCUT2D eigenvalue weighted by molar-refractivity contribution is 6.39. The van der Waals surface area contributed by atoms with Crippen LogP contribution in [-0.4, -0.2) is 26.0 Å². The predicted molar refractivity (Wildman–Crippen MR) is 102 cm³/mol. The van der Waals surface area contributed by atoms with E-state index in [0.717, 1.165) is 12.8 Å². The zero-order valence-corrected chi connectivity index (χ0v) is 16.3. The Morgan fingerprint density at radius 3 is 2.48 bits per heavy atom. The lowest BCUT2D eigenvalue weighted by Gasteiger charge is -2.07. The molecule has 1 saturated carbocycles. The van der Waals surface area contributed by atoms with Crippen LogP contribution in [0.4, 0.5) is 0 Å². The third-order valence-corrected chi connectivity index (χ3v) is 5.23. The molecule has 1 aliphatic rings. The first-order valence-corrected chi connectivity index (χ1v) is 9.40. The Balaban J connectivity index is 2.01. The Morgan fingerprint density at radius 1 is 1.26 bits per heavy atom. The molecule has 2 heterocycles. The second-order valence-corrected chi connectivity index (χ2v) is 7.73. The molecule has 27 heavy (non-hydrogen) atoms. The van der Waals surface area contributed by atoms with Gasteiger partial charge < -0.3 is 9.63 Å². The molecule has 6 nitrogen and oxygen atoms in total. The summed E-state index contributed by atoms with van der Waals surface area (Å²) < 4.78 is 7.27. The van der Waals surface area contributed by atoms with Crippen LogP contribution in [-0.2, 0) is 0 Å². The highest BCUT2D eigenvalue weighted by Gasteiger charge is 2.36. The van der Waals surface area contributed by atoms with Gasteiger partial charge in [-0.15, -0.1) is 0 Å². The number of hydrogen-bond acceptors (Lipinski definition) is 4. The lowest BCUT2D eigenvalue weighted by Crippen LogP contribution is -2.04.